The molecular formula is C13H15N3O5. The molecule has 21 heavy (non-hydrogen) atoms. The van der Waals surface area contributed by atoms with Gasteiger partial charge in [-0.05, 0) is 26.8 Å². The van der Waals surface area contributed by atoms with Crippen molar-refractivity contribution >= 4 is 23.0 Å². The van der Waals surface area contributed by atoms with Gasteiger partial charge in [0.05, 0.1) is 23.2 Å². The normalized spacial score (nSPS) is 13.9. The summed E-state index contributed by atoms with van der Waals surface area (Å²) in [5, 5.41) is 25.0. The Hall–Kier alpha value is -2.48. The highest BCUT2D eigenvalue weighted by atomic mass is 16.5. The van der Waals surface area contributed by atoms with Gasteiger partial charge in [0.15, 0.2) is 5.60 Å². The van der Waals surface area contributed by atoms with Gasteiger partial charge in [-0.1, -0.05) is 5.16 Å². The fraction of sp³-hybridized carbons (Fsp3) is 0.385. The first-order valence-electron chi connectivity index (χ1n) is 6.20. The van der Waals surface area contributed by atoms with E-state index in [2.05, 4.69) is 15.5 Å². The Labute approximate surface area is 119 Å². The van der Waals surface area contributed by atoms with E-state index in [9.17, 15) is 14.7 Å². The van der Waals surface area contributed by atoms with Crippen LogP contribution in [0.4, 0.5) is 0 Å². The SMILES string of the molecule is Cc1cc(C(=O)NCC(C)(O)C(=O)O)c2c(C)noc2n1. The van der Waals surface area contributed by atoms with Crippen molar-refractivity contribution in [3.05, 3.63) is 23.0 Å². The summed E-state index contributed by atoms with van der Waals surface area (Å²) in [6.45, 7) is 4.05. The van der Waals surface area contributed by atoms with E-state index in [1.54, 1.807) is 19.9 Å². The van der Waals surface area contributed by atoms with E-state index in [1.165, 1.54) is 0 Å². The zero-order chi connectivity index (χ0) is 15.8. The summed E-state index contributed by atoms with van der Waals surface area (Å²) in [6.07, 6.45) is 0. The molecular weight excluding hydrogens is 278 g/mol. The highest BCUT2D eigenvalue weighted by Crippen LogP contribution is 2.21. The summed E-state index contributed by atoms with van der Waals surface area (Å²) >= 11 is 0. The molecule has 8 heteroatoms. The minimum atomic E-state index is -2.04. The average molecular weight is 293 g/mol. The summed E-state index contributed by atoms with van der Waals surface area (Å²) in [6, 6.07) is 1.55. The predicted molar refractivity (Wildman–Crippen MR) is 71.9 cm³/mol. The second-order valence-electron chi connectivity index (χ2n) is 5.02. The molecule has 0 spiro atoms. The van der Waals surface area contributed by atoms with E-state index >= 15 is 0 Å². The number of hydrogen-bond donors (Lipinski definition) is 3. The van der Waals surface area contributed by atoms with Gasteiger partial charge in [0.2, 0.25) is 0 Å². The van der Waals surface area contributed by atoms with E-state index in [0.29, 0.717) is 16.8 Å². The summed E-state index contributed by atoms with van der Waals surface area (Å²) in [7, 11) is 0. The van der Waals surface area contributed by atoms with Crippen LogP contribution in [0.3, 0.4) is 0 Å². The smallest absolute Gasteiger partial charge is 0.337 e. The van der Waals surface area contributed by atoms with Crippen molar-refractivity contribution in [1.82, 2.24) is 15.5 Å². The number of carbonyl (C=O) groups excluding carboxylic acids is 1. The number of hydrogen-bond acceptors (Lipinski definition) is 6. The van der Waals surface area contributed by atoms with Crippen LogP contribution in [-0.2, 0) is 4.79 Å². The molecule has 0 aliphatic rings. The first-order valence-corrected chi connectivity index (χ1v) is 6.20. The number of rotatable bonds is 4. The van der Waals surface area contributed by atoms with Crippen LogP contribution in [0.5, 0.6) is 0 Å². The molecule has 0 bridgehead atoms. The van der Waals surface area contributed by atoms with E-state index in [4.69, 9.17) is 9.63 Å². The van der Waals surface area contributed by atoms with Crippen molar-refractivity contribution in [2.75, 3.05) is 6.54 Å². The number of carboxylic acid groups (broad SMARTS) is 1. The van der Waals surface area contributed by atoms with Gasteiger partial charge in [-0.3, -0.25) is 4.79 Å². The topological polar surface area (TPSA) is 126 Å². The fourth-order valence-electron chi connectivity index (χ4n) is 1.82. The molecule has 112 valence electrons. The molecule has 3 N–H and O–H groups in total. The minimum absolute atomic E-state index is 0.239. The largest absolute Gasteiger partial charge is 0.479 e. The van der Waals surface area contributed by atoms with Crippen molar-refractivity contribution in [3.63, 3.8) is 0 Å². The van der Waals surface area contributed by atoms with Gasteiger partial charge in [0.25, 0.3) is 11.6 Å². The molecule has 1 atom stereocenters. The maximum absolute atomic E-state index is 12.2. The standard InChI is InChI=1S/C13H15N3O5/c1-6-4-8(9-7(2)16-21-11(9)15-6)10(17)14-5-13(3,20)12(18)19/h4,20H,5H2,1-3H3,(H,14,17)(H,18,19). The second-order valence-corrected chi connectivity index (χ2v) is 5.02. The van der Waals surface area contributed by atoms with Gasteiger partial charge >= 0.3 is 5.97 Å². The lowest BCUT2D eigenvalue weighted by atomic mass is 10.1. The summed E-state index contributed by atoms with van der Waals surface area (Å²) in [4.78, 5) is 27.2. The number of aromatic nitrogens is 2. The van der Waals surface area contributed by atoms with Gasteiger partial charge in [-0.25, -0.2) is 9.78 Å². The zero-order valence-corrected chi connectivity index (χ0v) is 11.8. The van der Waals surface area contributed by atoms with Crippen LogP contribution < -0.4 is 5.32 Å². The lowest BCUT2D eigenvalue weighted by Crippen LogP contribution is -2.46. The first-order chi connectivity index (χ1) is 9.72. The molecule has 2 heterocycles. The number of nitrogens with zero attached hydrogens (tertiary/aromatic N) is 2. The number of aliphatic hydroxyl groups is 1. The van der Waals surface area contributed by atoms with E-state index in [1.807, 2.05) is 0 Å². The molecule has 1 unspecified atom stereocenters. The Bertz CT molecular complexity index is 720. The third-order valence-corrected chi connectivity index (χ3v) is 3.04. The van der Waals surface area contributed by atoms with Crippen molar-refractivity contribution < 1.29 is 24.3 Å². The number of amides is 1. The maximum atomic E-state index is 12.2. The third kappa shape index (κ3) is 2.84. The number of carbonyl (C=O) groups is 2. The number of aliphatic carboxylic acids is 1. The maximum Gasteiger partial charge on any atom is 0.337 e. The van der Waals surface area contributed by atoms with Crippen molar-refractivity contribution in [3.8, 4) is 0 Å². The molecule has 2 aromatic heterocycles. The summed E-state index contributed by atoms with van der Waals surface area (Å²) < 4.78 is 5.02. The molecule has 0 saturated carbocycles. The second kappa shape index (κ2) is 5.13. The first kappa shape index (κ1) is 14.9. The molecule has 0 aromatic carbocycles. The molecule has 0 fully saturated rings. The van der Waals surface area contributed by atoms with Crippen LogP contribution in [0.2, 0.25) is 0 Å². The quantitative estimate of drug-likeness (QED) is 0.745. The summed E-state index contributed by atoms with van der Waals surface area (Å²) in [5.74, 6) is -1.95. The lowest BCUT2D eigenvalue weighted by molar-refractivity contribution is -0.155. The van der Waals surface area contributed by atoms with E-state index < -0.39 is 24.0 Å². The van der Waals surface area contributed by atoms with Gasteiger partial charge in [-0.15, -0.1) is 0 Å². The number of nitrogens with one attached hydrogen (secondary N) is 1. The molecule has 0 saturated heterocycles. The Morgan fingerprint density at radius 3 is 2.71 bits per heavy atom. The number of pyridine rings is 1. The van der Waals surface area contributed by atoms with Gasteiger partial charge in [-0.2, -0.15) is 0 Å². The number of aryl methyl sites for hydroxylation is 2. The Morgan fingerprint density at radius 2 is 2.10 bits per heavy atom. The minimum Gasteiger partial charge on any atom is -0.479 e. The lowest BCUT2D eigenvalue weighted by Gasteiger charge is -2.18. The van der Waals surface area contributed by atoms with Crippen LogP contribution >= 0.6 is 0 Å². The van der Waals surface area contributed by atoms with Crippen molar-refractivity contribution in [1.29, 1.82) is 0 Å². The molecule has 0 aliphatic heterocycles. The van der Waals surface area contributed by atoms with Crippen LogP contribution in [0.15, 0.2) is 10.6 Å². The van der Waals surface area contributed by atoms with Crippen LogP contribution in [-0.4, -0.2) is 44.4 Å². The van der Waals surface area contributed by atoms with Crippen LogP contribution in [0, 0.1) is 13.8 Å². The highest BCUT2D eigenvalue weighted by molar-refractivity contribution is 6.06. The molecule has 8 nitrogen and oxygen atoms in total. The predicted octanol–water partition coefficient (Wildman–Crippen LogP) is 0.405. The van der Waals surface area contributed by atoms with Gasteiger partial charge < -0.3 is 20.1 Å². The Balaban J connectivity index is 2.32. The Morgan fingerprint density at radius 1 is 1.43 bits per heavy atom. The molecule has 0 aliphatic carbocycles. The van der Waals surface area contributed by atoms with Crippen LogP contribution in [0.25, 0.3) is 11.1 Å². The highest BCUT2D eigenvalue weighted by Gasteiger charge is 2.30. The number of fused-ring (bicyclic) bond motifs is 1. The van der Waals surface area contributed by atoms with Crippen molar-refractivity contribution in [2.24, 2.45) is 0 Å². The van der Waals surface area contributed by atoms with Crippen molar-refractivity contribution in [2.45, 2.75) is 26.4 Å². The molecule has 1 amide bonds. The molecule has 2 rings (SSSR count). The van der Waals surface area contributed by atoms with Gasteiger partial charge in [0, 0.05) is 5.69 Å². The average Bonchev–Trinajstić information content (AvgIpc) is 2.76. The fourth-order valence-corrected chi connectivity index (χ4v) is 1.82. The number of carboxylic acids is 1. The third-order valence-electron chi connectivity index (χ3n) is 3.04. The molecule has 0 radical (unpaired) electrons. The Kier molecular flexibility index (Phi) is 3.65. The molecule has 2 aromatic rings. The van der Waals surface area contributed by atoms with E-state index in [0.717, 1.165) is 6.92 Å². The monoisotopic (exact) mass is 293 g/mol. The van der Waals surface area contributed by atoms with E-state index in [-0.39, 0.29) is 11.3 Å². The zero-order valence-electron chi connectivity index (χ0n) is 11.8. The van der Waals surface area contributed by atoms with Gasteiger partial charge in [0.1, 0.15) is 0 Å². The van der Waals surface area contributed by atoms with Crippen LogP contribution in [0.1, 0.15) is 28.7 Å². The summed E-state index contributed by atoms with van der Waals surface area (Å²) in [5.41, 5.74) is -0.456.